The van der Waals surface area contributed by atoms with Crippen LogP contribution < -0.4 is 0 Å². The zero-order valence-corrected chi connectivity index (χ0v) is 15.6. The molecule has 0 aromatic heterocycles. The van der Waals surface area contributed by atoms with E-state index < -0.39 is 22.2 Å². The van der Waals surface area contributed by atoms with E-state index in [1.54, 1.807) is 17.0 Å². The molecule has 0 saturated carbocycles. The van der Waals surface area contributed by atoms with Crippen LogP contribution in [0.4, 0.5) is 4.39 Å². The number of sulfonamides is 1. The van der Waals surface area contributed by atoms with E-state index in [0.29, 0.717) is 13.1 Å². The predicted octanol–water partition coefficient (Wildman–Crippen LogP) is 2.42. The third kappa shape index (κ3) is 3.58. The molecule has 2 fully saturated rings. The Kier molecular flexibility index (Phi) is 5.16. The van der Waals surface area contributed by atoms with Crippen LogP contribution in [0, 0.1) is 13.8 Å². The highest BCUT2D eigenvalue weighted by atomic mass is 32.2. The Morgan fingerprint density at radius 1 is 1.12 bits per heavy atom. The van der Waals surface area contributed by atoms with E-state index in [9.17, 15) is 17.6 Å². The Hall–Kier alpha value is -1.47. The second-order valence-corrected chi connectivity index (χ2v) is 8.95. The highest BCUT2D eigenvalue weighted by Gasteiger charge is 2.45. The Bertz CT molecular complexity index is 760. The molecule has 0 radical (unpaired) electrons. The number of benzene rings is 1. The molecule has 2 atom stereocenters. The average Bonchev–Trinajstić information content (AvgIpc) is 3.00. The summed E-state index contributed by atoms with van der Waals surface area (Å²) >= 11 is 0. The van der Waals surface area contributed by atoms with Crippen molar-refractivity contribution in [3.05, 3.63) is 29.3 Å². The van der Waals surface area contributed by atoms with Crippen LogP contribution in [0.15, 0.2) is 23.1 Å². The van der Waals surface area contributed by atoms with Crippen LogP contribution in [0.3, 0.4) is 0 Å². The van der Waals surface area contributed by atoms with Crippen molar-refractivity contribution in [3.63, 3.8) is 0 Å². The molecule has 2 aliphatic rings. The smallest absolute Gasteiger partial charge is 0.243 e. The van der Waals surface area contributed by atoms with Gasteiger partial charge in [-0.05, 0) is 56.4 Å². The van der Waals surface area contributed by atoms with Gasteiger partial charge in [-0.25, -0.2) is 12.8 Å². The molecular formula is C18H25FN2O3S. The molecule has 2 saturated heterocycles. The van der Waals surface area contributed by atoms with Gasteiger partial charge >= 0.3 is 0 Å². The molecule has 2 aliphatic heterocycles. The van der Waals surface area contributed by atoms with Gasteiger partial charge in [0.25, 0.3) is 0 Å². The van der Waals surface area contributed by atoms with Crippen molar-refractivity contribution in [2.75, 3.05) is 19.6 Å². The van der Waals surface area contributed by atoms with Crippen molar-refractivity contribution in [2.24, 2.45) is 0 Å². The van der Waals surface area contributed by atoms with Gasteiger partial charge < -0.3 is 4.90 Å². The van der Waals surface area contributed by atoms with E-state index >= 15 is 0 Å². The molecule has 2 heterocycles. The number of nitrogens with zero attached hydrogens (tertiary/aromatic N) is 2. The van der Waals surface area contributed by atoms with Gasteiger partial charge in [0.2, 0.25) is 15.9 Å². The summed E-state index contributed by atoms with van der Waals surface area (Å²) in [5.74, 6) is -0.257. The van der Waals surface area contributed by atoms with E-state index in [4.69, 9.17) is 0 Å². The van der Waals surface area contributed by atoms with Crippen molar-refractivity contribution in [1.29, 1.82) is 0 Å². The van der Waals surface area contributed by atoms with Crippen molar-refractivity contribution in [2.45, 2.75) is 56.6 Å². The minimum absolute atomic E-state index is 0.0561. The second kappa shape index (κ2) is 7.03. The Morgan fingerprint density at radius 2 is 1.80 bits per heavy atom. The van der Waals surface area contributed by atoms with Crippen LogP contribution in [0.2, 0.25) is 0 Å². The number of halogens is 1. The molecular weight excluding hydrogens is 343 g/mol. The quantitative estimate of drug-likeness (QED) is 0.823. The first kappa shape index (κ1) is 18.3. The SMILES string of the molecule is Cc1ccc(S(=O)(=O)N2C[C@@H](F)C[C@H]2C(=O)N2CCCCC2)cc1C. The highest BCUT2D eigenvalue weighted by molar-refractivity contribution is 7.89. The van der Waals surface area contributed by atoms with Gasteiger partial charge in [0, 0.05) is 26.1 Å². The van der Waals surface area contributed by atoms with E-state index in [1.165, 1.54) is 6.07 Å². The largest absolute Gasteiger partial charge is 0.341 e. The number of rotatable bonds is 3. The fourth-order valence-electron chi connectivity index (χ4n) is 3.58. The summed E-state index contributed by atoms with van der Waals surface area (Å²) in [7, 11) is -3.90. The van der Waals surface area contributed by atoms with Crippen molar-refractivity contribution in [3.8, 4) is 0 Å². The number of likely N-dealkylation sites (tertiary alicyclic amines) is 1. The third-order valence-corrected chi connectivity index (χ3v) is 7.11. The number of hydrogen-bond acceptors (Lipinski definition) is 3. The van der Waals surface area contributed by atoms with Crippen molar-refractivity contribution >= 4 is 15.9 Å². The molecule has 5 nitrogen and oxygen atoms in total. The number of piperidine rings is 1. The number of amides is 1. The standard InChI is InChI=1S/C18H25FN2O3S/c1-13-6-7-16(10-14(13)2)25(23,24)21-12-15(19)11-17(21)18(22)20-8-4-3-5-9-20/h6-7,10,15,17H,3-5,8-9,11-12H2,1-2H3/t15-,17-/m0/s1. The summed E-state index contributed by atoms with van der Waals surface area (Å²) in [4.78, 5) is 14.6. The maximum Gasteiger partial charge on any atom is 0.243 e. The first-order chi connectivity index (χ1) is 11.8. The van der Waals surface area contributed by atoms with Gasteiger partial charge in [-0.15, -0.1) is 0 Å². The zero-order chi connectivity index (χ0) is 18.2. The molecule has 25 heavy (non-hydrogen) atoms. The van der Waals surface area contributed by atoms with Crippen molar-refractivity contribution < 1.29 is 17.6 Å². The van der Waals surface area contributed by atoms with Gasteiger partial charge in [0.15, 0.2) is 0 Å². The van der Waals surface area contributed by atoms with Crippen LogP contribution in [0.1, 0.15) is 36.8 Å². The maximum absolute atomic E-state index is 14.1. The molecule has 0 N–H and O–H groups in total. The average molecular weight is 368 g/mol. The normalized spacial score (nSPS) is 25.3. The summed E-state index contributed by atoms with van der Waals surface area (Å²) < 4.78 is 41.2. The molecule has 0 unspecified atom stereocenters. The van der Waals surface area contributed by atoms with E-state index in [-0.39, 0.29) is 23.8 Å². The summed E-state index contributed by atoms with van der Waals surface area (Å²) in [6.07, 6.45) is 1.55. The minimum Gasteiger partial charge on any atom is -0.341 e. The number of carbonyl (C=O) groups is 1. The summed E-state index contributed by atoms with van der Waals surface area (Å²) in [6.45, 7) is 4.75. The number of alkyl halides is 1. The lowest BCUT2D eigenvalue weighted by atomic mass is 10.1. The van der Waals surface area contributed by atoms with Gasteiger partial charge in [-0.3, -0.25) is 4.79 Å². The lowest BCUT2D eigenvalue weighted by Gasteiger charge is -2.32. The molecule has 7 heteroatoms. The molecule has 3 rings (SSSR count). The topological polar surface area (TPSA) is 57.7 Å². The van der Waals surface area contributed by atoms with Gasteiger partial charge in [0.1, 0.15) is 12.2 Å². The monoisotopic (exact) mass is 368 g/mol. The molecule has 1 aromatic carbocycles. The number of aryl methyl sites for hydroxylation is 2. The minimum atomic E-state index is -3.90. The fraction of sp³-hybridized carbons (Fsp3) is 0.611. The molecule has 0 bridgehead atoms. The molecule has 1 aromatic rings. The first-order valence-corrected chi connectivity index (χ1v) is 10.3. The predicted molar refractivity (Wildman–Crippen MR) is 93.5 cm³/mol. The van der Waals surface area contributed by atoms with E-state index in [2.05, 4.69) is 0 Å². The second-order valence-electron chi connectivity index (χ2n) is 7.06. The highest BCUT2D eigenvalue weighted by Crippen LogP contribution is 2.30. The lowest BCUT2D eigenvalue weighted by molar-refractivity contribution is -0.135. The Morgan fingerprint density at radius 3 is 2.44 bits per heavy atom. The number of carbonyl (C=O) groups excluding carboxylic acids is 1. The summed E-state index contributed by atoms with van der Waals surface area (Å²) in [5, 5.41) is 0. The molecule has 1 amide bonds. The Balaban J connectivity index is 1.89. The fourth-order valence-corrected chi connectivity index (χ4v) is 5.29. The van der Waals surface area contributed by atoms with Crippen molar-refractivity contribution in [1.82, 2.24) is 9.21 Å². The Labute approximate surface area is 148 Å². The molecule has 0 aliphatic carbocycles. The van der Waals surface area contributed by atoms with E-state index in [1.807, 2.05) is 13.8 Å². The maximum atomic E-state index is 14.1. The summed E-state index contributed by atoms with van der Waals surface area (Å²) in [6, 6.07) is 3.94. The van der Waals surface area contributed by atoms with Crippen LogP contribution in [-0.2, 0) is 14.8 Å². The molecule has 138 valence electrons. The van der Waals surface area contributed by atoms with E-state index in [0.717, 1.165) is 34.7 Å². The van der Waals surface area contributed by atoms with Gasteiger partial charge in [-0.1, -0.05) is 6.07 Å². The first-order valence-electron chi connectivity index (χ1n) is 8.82. The van der Waals surface area contributed by atoms with Gasteiger partial charge in [0.05, 0.1) is 4.90 Å². The zero-order valence-electron chi connectivity index (χ0n) is 14.7. The van der Waals surface area contributed by atoms with Gasteiger partial charge in [-0.2, -0.15) is 4.31 Å². The summed E-state index contributed by atoms with van der Waals surface area (Å²) in [5.41, 5.74) is 1.85. The van der Waals surface area contributed by atoms with Crippen LogP contribution in [0.25, 0.3) is 0 Å². The van der Waals surface area contributed by atoms with Crippen LogP contribution in [-0.4, -0.2) is 55.4 Å². The lowest BCUT2D eigenvalue weighted by Crippen LogP contribution is -2.49. The molecule has 0 spiro atoms. The van der Waals surface area contributed by atoms with Crippen LogP contribution in [0.5, 0.6) is 0 Å². The number of hydrogen-bond donors (Lipinski definition) is 0. The third-order valence-electron chi connectivity index (χ3n) is 5.24. The van der Waals surface area contributed by atoms with Crippen LogP contribution >= 0.6 is 0 Å².